The van der Waals surface area contributed by atoms with E-state index in [1.54, 1.807) is 6.92 Å². The zero-order chi connectivity index (χ0) is 24.2. The molecule has 0 aliphatic carbocycles. The highest BCUT2D eigenvalue weighted by molar-refractivity contribution is 7.92. The Labute approximate surface area is 187 Å². The Balaban J connectivity index is 1.70. The van der Waals surface area contributed by atoms with Gasteiger partial charge in [0.1, 0.15) is 12.2 Å². The summed E-state index contributed by atoms with van der Waals surface area (Å²) < 4.78 is 64.5. The van der Waals surface area contributed by atoms with E-state index in [-0.39, 0.29) is 34.0 Å². The zero-order valence-electron chi connectivity index (χ0n) is 17.7. The lowest BCUT2D eigenvalue weighted by atomic mass is 10.3. The number of anilines is 2. The van der Waals surface area contributed by atoms with Gasteiger partial charge in [-0.3, -0.25) is 14.2 Å². The van der Waals surface area contributed by atoms with Gasteiger partial charge < -0.3 is 14.8 Å². The van der Waals surface area contributed by atoms with E-state index in [1.165, 1.54) is 50.6 Å². The Morgan fingerprint density at radius 3 is 2.42 bits per heavy atom. The van der Waals surface area contributed by atoms with Crippen molar-refractivity contribution in [2.75, 3.05) is 24.3 Å². The molecule has 0 fully saturated rings. The summed E-state index contributed by atoms with van der Waals surface area (Å²) in [5.41, 5.74) is 0.263. The Kier molecular flexibility index (Phi) is 7.06. The summed E-state index contributed by atoms with van der Waals surface area (Å²) in [5, 5.41) is 6.40. The zero-order valence-corrected chi connectivity index (χ0v) is 18.6. The molecule has 0 saturated carbocycles. The van der Waals surface area contributed by atoms with E-state index in [4.69, 9.17) is 9.47 Å². The molecule has 3 rings (SSSR count). The minimum absolute atomic E-state index is 0.0690. The first-order chi connectivity index (χ1) is 15.6. The van der Waals surface area contributed by atoms with Crippen molar-refractivity contribution in [3.63, 3.8) is 0 Å². The fraction of sp³-hybridized carbons (Fsp3) is 0.263. The Bertz CT molecular complexity index is 1230. The number of methoxy groups -OCH3 is 2. The van der Waals surface area contributed by atoms with Gasteiger partial charge in [0, 0.05) is 11.8 Å². The molecule has 33 heavy (non-hydrogen) atoms. The second-order valence-electron chi connectivity index (χ2n) is 6.63. The highest BCUT2D eigenvalue weighted by Crippen LogP contribution is 2.22. The molecule has 0 atom stereocenters. The van der Waals surface area contributed by atoms with Gasteiger partial charge in [-0.05, 0) is 37.3 Å². The molecule has 0 saturated heterocycles. The molecule has 176 valence electrons. The third-order valence-corrected chi connectivity index (χ3v) is 5.58. The van der Waals surface area contributed by atoms with E-state index in [0.29, 0.717) is 5.69 Å². The molecule has 0 aliphatic rings. The van der Waals surface area contributed by atoms with E-state index >= 15 is 0 Å². The summed E-state index contributed by atoms with van der Waals surface area (Å²) in [6.45, 7) is 1.12. The Morgan fingerprint density at radius 2 is 1.82 bits per heavy atom. The number of hydrogen-bond acceptors (Lipinski definition) is 8. The number of nitrogens with one attached hydrogen (secondary N) is 2. The number of ether oxygens (including phenoxy) is 2. The molecule has 14 heteroatoms. The van der Waals surface area contributed by atoms with Gasteiger partial charge >= 0.3 is 6.01 Å². The van der Waals surface area contributed by atoms with E-state index < -0.39 is 28.9 Å². The summed E-state index contributed by atoms with van der Waals surface area (Å²) in [7, 11) is -1.35. The number of carbonyl (C=O) groups excluding carboxylic acids is 1. The average Bonchev–Trinajstić information content (AvgIpc) is 3.13. The van der Waals surface area contributed by atoms with Crippen LogP contribution in [0.5, 0.6) is 11.9 Å². The molecule has 0 unspecified atom stereocenters. The van der Waals surface area contributed by atoms with Gasteiger partial charge in [0.05, 0.1) is 24.8 Å². The minimum Gasteiger partial charge on any atom is -0.481 e. The molecule has 1 amide bonds. The van der Waals surface area contributed by atoms with Crippen LogP contribution in [-0.4, -0.2) is 48.3 Å². The summed E-state index contributed by atoms with van der Waals surface area (Å²) in [4.78, 5) is 19.9. The second kappa shape index (κ2) is 9.77. The van der Waals surface area contributed by atoms with Gasteiger partial charge in [0.25, 0.3) is 16.4 Å². The monoisotopic (exact) mass is 482 g/mol. The van der Waals surface area contributed by atoms with Crippen LogP contribution in [0.4, 0.5) is 20.3 Å². The molecule has 2 N–H and O–H groups in total. The van der Waals surface area contributed by atoms with E-state index in [1.807, 2.05) is 0 Å². The SMILES string of the molecule is COc1cc(NS(=O)(=O)c2ccc(NC(=O)Cn3nc(C)cc3C(F)F)cc2)nc(OC)n1. The van der Waals surface area contributed by atoms with Crippen LogP contribution in [0, 0.1) is 6.92 Å². The average molecular weight is 482 g/mol. The predicted molar refractivity (Wildman–Crippen MR) is 113 cm³/mol. The highest BCUT2D eigenvalue weighted by atomic mass is 32.2. The molecular formula is C19H20F2N6O5S. The number of hydrogen-bond donors (Lipinski definition) is 2. The van der Waals surface area contributed by atoms with Crippen molar-refractivity contribution in [3.05, 3.63) is 47.8 Å². The molecule has 0 spiro atoms. The number of carbonyl (C=O) groups is 1. The van der Waals surface area contributed by atoms with Crippen LogP contribution in [-0.2, 0) is 21.4 Å². The van der Waals surface area contributed by atoms with Crippen LogP contribution in [0.15, 0.2) is 41.3 Å². The molecule has 1 aromatic carbocycles. The van der Waals surface area contributed by atoms with Crippen LogP contribution in [0.2, 0.25) is 0 Å². The summed E-state index contributed by atoms with van der Waals surface area (Å²) >= 11 is 0. The van der Waals surface area contributed by atoms with Crippen molar-refractivity contribution in [2.45, 2.75) is 24.8 Å². The quantitative estimate of drug-likeness (QED) is 0.474. The van der Waals surface area contributed by atoms with Crippen LogP contribution in [0.1, 0.15) is 17.8 Å². The van der Waals surface area contributed by atoms with Gasteiger partial charge in [-0.1, -0.05) is 0 Å². The Morgan fingerprint density at radius 1 is 1.12 bits per heavy atom. The topological polar surface area (TPSA) is 137 Å². The maximum Gasteiger partial charge on any atom is 0.321 e. The predicted octanol–water partition coefficient (Wildman–Crippen LogP) is 2.38. The van der Waals surface area contributed by atoms with Crippen LogP contribution >= 0.6 is 0 Å². The van der Waals surface area contributed by atoms with E-state index in [2.05, 4.69) is 25.1 Å². The normalized spacial score (nSPS) is 11.3. The van der Waals surface area contributed by atoms with Crippen molar-refractivity contribution in [1.29, 1.82) is 0 Å². The molecular weight excluding hydrogens is 462 g/mol. The molecule has 0 bridgehead atoms. The number of benzene rings is 1. The van der Waals surface area contributed by atoms with E-state index in [0.717, 1.165) is 4.68 Å². The number of rotatable bonds is 9. The Hall–Kier alpha value is -3.81. The van der Waals surface area contributed by atoms with Gasteiger partial charge in [0.15, 0.2) is 5.82 Å². The fourth-order valence-electron chi connectivity index (χ4n) is 2.77. The van der Waals surface area contributed by atoms with Crippen LogP contribution in [0.25, 0.3) is 0 Å². The molecule has 0 radical (unpaired) electrons. The highest BCUT2D eigenvalue weighted by Gasteiger charge is 2.19. The molecule has 0 aliphatic heterocycles. The van der Waals surface area contributed by atoms with Crippen molar-refractivity contribution < 1.29 is 31.5 Å². The van der Waals surface area contributed by atoms with Crippen molar-refractivity contribution >= 4 is 27.4 Å². The lowest BCUT2D eigenvalue weighted by Crippen LogP contribution is -2.21. The number of aryl methyl sites for hydroxylation is 1. The van der Waals surface area contributed by atoms with Crippen molar-refractivity contribution in [2.24, 2.45) is 0 Å². The summed E-state index contributed by atoms with van der Waals surface area (Å²) in [5.74, 6) is -0.575. The van der Waals surface area contributed by atoms with Crippen LogP contribution in [0.3, 0.4) is 0 Å². The third-order valence-electron chi connectivity index (χ3n) is 4.21. The fourth-order valence-corrected chi connectivity index (χ4v) is 3.76. The van der Waals surface area contributed by atoms with Crippen molar-refractivity contribution in [3.8, 4) is 11.9 Å². The second-order valence-corrected chi connectivity index (χ2v) is 8.31. The number of alkyl halides is 2. The molecule has 3 aromatic rings. The maximum absolute atomic E-state index is 13.0. The van der Waals surface area contributed by atoms with Gasteiger partial charge in [-0.15, -0.1) is 0 Å². The van der Waals surface area contributed by atoms with Gasteiger partial charge in [0.2, 0.25) is 11.8 Å². The lowest BCUT2D eigenvalue weighted by Gasteiger charge is -2.11. The summed E-state index contributed by atoms with van der Waals surface area (Å²) in [6.07, 6.45) is -2.77. The number of nitrogens with zero attached hydrogens (tertiary/aromatic N) is 4. The molecule has 2 heterocycles. The first-order valence-electron chi connectivity index (χ1n) is 9.33. The van der Waals surface area contributed by atoms with Crippen molar-refractivity contribution in [1.82, 2.24) is 19.7 Å². The number of amides is 1. The number of aromatic nitrogens is 4. The largest absolute Gasteiger partial charge is 0.481 e. The standard InChI is InChI=1S/C19H20F2N6O5S/c1-11-8-14(18(20)21)27(25-11)10-16(28)22-12-4-6-13(7-5-12)33(29,30)26-15-9-17(31-2)24-19(23-15)32-3/h4-9,18H,10H2,1-3H3,(H,22,28)(H,23,24,26). The molecule has 2 aromatic heterocycles. The number of sulfonamides is 1. The first kappa shape index (κ1) is 23.8. The lowest BCUT2D eigenvalue weighted by molar-refractivity contribution is -0.117. The maximum atomic E-state index is 13.0. The number of halogens is 2. The first-order valence-corrected chi connectivity index (χ1v) is 10.8. The summed E-state index contributed by atoms with van der Waals surface area (Å²) in [6, 6.07) is 7.62. The van der Waals surface area contributed by atoms with Gasteiger partial charge in [-0.25, -0.2) is 17.2 Å². The minimum atomic E-state index is -4.03. The third kappa shape index (κ3) is 5.91. The van der Waals surface area contributed by atoms with Crippen LogP contribution < -0.4 is 19.5 Å². The van der Waals surface area contributed by atoms with E-state index in [9.17, 15) is 22.0 Å². The van der Waals surface area contributed by atoms with Gasteiger partial charge in [-0.2, -0.15) is 15.1 Å². The molecule has 11 nitrogen and oxygen atoms in total. The smallest absolute Gasteiger partial charge is 0.321 e.